The molecule has 112 valence electrons. The van der Waals surface area contributed by atoms with Gasteiger partial charge in [0.25, 0.3) is 0 Å². The Hall–Kier alpha value is -1.63. The molecule has 0 aromatic heterocycles. The molecule has 0 amide bonds. The van der Waals surface area contributed by atoms with Crippen molar-refractivity contribution in [2.45, 2.75) is 59.9 Å². The van der Waals surface area contributed by atoms with Gasteiger partial charge in [0.05, 0.1) is 5.54 Å². The van der Waals surface area contributed by atoms with Crippen molar-refractivity contribution in [2.24, 2.45) is 4.99 Å². The number of allylic oxidation sites excluding steroid dienone is 4. The van der Waals surface area contributed by atoms with E-state index in [-0.39, 0.29) is 5.54 Å². The topological polar surface area (TPSA) is 12.4 Å². The summed E-state index contributed by atoms with van der Waals surface area (Å²) in [6.07, 6.45) is 2.04. The lowest BCUT2D eigenvalue weighted by atomic mass is 9.86. The Morgan fingerprint density at radius 1 is 0.905 bits per heavy atom. The molecule has 1 nitrogen and oxygen atoms in total. The number of hydrogen-bond acceptors (Lipinski definition) is 1. The van der Waals surface area contributed by atoms with E-state index in [1.54, 1.807) is 0 Å². The lowest BCUT2D eigenvalue weighted by molar-refractivity contribution is 0.586. The van der Waals surface area contributed by atoms with Crippen LogP contribution in [0.4, 0.5) is 0 Å². The molecule has 0 unspecified atom stereocenters. The van der Waals surface area contributed by atoms with Crippen molar-refractivity contribution in [3.63, 3.8) is 0 Å². The molecular formula is C20H27N. The summed E-state index contributed by atoms with van der Waals surface area (Å²) < 4.78 is 0. The van der Waals surface area contributed by atoms with Crippen molar-refractivity contribution in [3.8, 4) is 0 Å². The third kappa shape index (κ3) is 3.18. The maximum absolute atomic E-state index is 4.69. The highest BCUT2D eigenvalue weighted by Crippen LogP contribution is 2.43. The van der Waals surface area contributed by atoms with Crippen molar-refractivity contribution < 1.29 is 0 Å². The van der Waals surface area contributed by atoms with Crippen LogP contribution in [0, 0.1) is 0 Å². The van der Waals surface area contributed by atoms with Crippen molar-refractivity contribution in [2.75, 3.05) is 0 Å². The van der Waals surface area contributed by atoms with E-state index >= 15 is 0 Å². The van der Waals surface area contributed by atoms with Crippen LogP contribution in [0.15, 0.2) is 51.6 Å². The van der Waals surface area contributed by atoms with E-state index in [0.717, 1.165) is 0 Å². The van der Waals surface area contributed by atoms with E-state index in [0.29, 0.717) is 5.92 Å². The predicted molar refractivity (Wildman–Crippen MR) is 93.3 cm³/mol. The minimum atomic E-state index is -0.0373. The van der Waals surface area contributed by atoms with Gasteiger partial charge in [-0.3, -0.25) is 4.99 Å². The quantitative estimate of drug-likeness (QED) is 0.619. The summed E-state index contributed by atoms with van der Waals surface area (Å²) in [5, 5.41) is 0. The van der Waals surface area contributed by atoms with Gasteiger partial charge in [0, 0.05) is 12.1 Å². The third-order valence-corrected chi connectivity index (χ3v) is 4.51. The van der Waals surface area contributed by atoms with Crippen LogP contribution in [0.1, 0.15) is 65.5 Å². The fourth-order valence-corrected chi connectivity index (χ4v) is 2.97. The van der Waals surface area contributed by atoms with Crippen LogP contribution in [0.2, 0.25) is 0 Å². The van der Waals surface area contributed by atoms with E-state index in [9.17, 15) is 0 Å². The molecule has 0 heterocycles. The van der Waals surface area contributed by atoms with Crippen LogP contribution in [0.25, 0.3) is 0 Å². The second-order valence-corrected chi connectivity index (χ2v) is 7.11. The van der Waals surface area contributed by atoms with E-state index in [2.05, 4.69) is 77.7 Å². The molecule has 0 fully saturated rings. The molecule has 1 aromatic carbocycles. The fraction of sp³-hybridized carbons (Fsp3) is 0.450. The number of aliphatic imine (C=N–C) groups is 1. The van der Waals surface area contributed by atoms with Crippen molar-refractivity contribution in [3.05, 3.63) is 57.7 Å². The molecule has 1 heteroatoms. The van der Waals surface area contributed by atoms with Crippen molar-refractivity contribution in [1.29, 1.82) is 0 Å². The van der Waals surface area contributed by atoms with Crippen LogP contribution >= 0.6 is 0 Å². The molecular weight excluding hydrogens is 254 g/mol. The summed E-state index contributed by atoms with van der Waals surface area (Å²) >= 11 is 0. The molecule has 21 heavy (non-hydrogen) atoms. The molecule has 0 bridgehead atoms. The van der Waals surface area contributed by atoms with Gasteiger partial charge in [-0.15, -0.1) is 0 Å². The SMILES string of the molecule is CC1=C(C)C(c2ccccc2C=NC(C)(C)C)C(C)=C1C. The van der Waals surface area contributed by atoms with Gasteiger partial charge in [0.15, 0.2) is 0 Å². The smallest absolute Gasteiger partial charge is 0.0524 e. The summed E-state index contributed by atoms with van der Waals surface area (Å²) in [6.45, 7) is 15.4. The largest absolute Gasteiger partial charge is 0.287 e. The van der Waals surface area contributed by atoms with Crippen LogP contribution in [-0.2, 0) is 0 Å². The number of nitrogens with zero attached hydrogens (tertiary/aromatic N) is 1. The first kappa shape index (κ1) is 15.8. The molecule has 0 atom stereocenters. The Morgan fingerprint density at radius 3 is 1.95 bits per heavy atom. The number of benzene rings is 1. The van der Waals surface area contributed by atoms with Crippen LogP contribution < -0.4 is 0 Å². The Morgan fingerprint density at radius 2 is 1.43 bits per heavy atom. The molecule has 0 saturated carbocycles. The highest BCUT2D eigenvalue weighted by atomic mass is 14.8. The van der Waals surface area contributed by atoms with Crippen LogP contribution in [0.3, 0.4) is 0 Å². The lowest BCUT2D eigenvalue weighted by Crippen LogP contribution is -2.11. The molecule has 1 aromatic rings. The third-order valence-electron chi connectivity index (χ3n) is 4.51. The molecule has 1 aliphatic rings. The van der Waals surface area contributed by atoms with Crippen molar-refractivity contribution in [1.82, 2.24) is 0 Å². The lowest BCUT2D eigenvalue weighted by Gasteiger charge is -2.19. The maximum Gasteiger partial charge on any atom is 0.0524 e. The minimum Gasteiger partial charge on any atom is -0.287 e. The maximum atomic E-state index is 4.69. The van der Waals surface area contributed by atoms with Crippen LogP contribution in [-0.4, -0.2) is 11.8 Å². The predicted octanol–water partition coefficient (Wildman–Crippen LogP) is 5.67. The van der Waals surface area contributed by atoms with Gasteiger partial charge >= 0.3 is 0 Å². The molecule has 0 saturated heterocycles. The second kappa shape index (κ2) is 5.63. The molecule has 1 aliphatic carbocycles. The zero-order valence-electron chi connectivity index (χ0n) is 14.4. The van der Waals surface area contributed by atoms with Gasteiger partial charge in [0.2, 0.25) is 0 Å². The zero-order valence-corrected chi connectivity index (χ0v) is 14.4. The standard InChI is InChI=1S/C20H27N/c1-13-14(2)16(4)19(15(13)3)18-11-9-8-10-17(18)12-21-20(5,6)7/h8-12,19H,1-7H3. The summed E-state index contributed by atoms with van der Waals surface area (Å²) in [4.78, 5) is 4.69. The Labute approximate surface area is 129 Å². The highest BCUT2D eigenvalue weighted by molar-refractivity contribution is 5.83. The van der Waals surface area contributed by atoms with E-state index < -0.39 is 0 Å². The second-order valence-electron chi connectivity index (χ2n) is 7.11. The van der Waals surface area contributed by atoms with E-state index in [1.165, 1.54) is 33.4 Å². The first-order valence-electron chi connectivity index (χ1n) is 7.71. The average molecular weight is 281 g/mol. The summed E-state index contributed by atoms with van der Waals surface area (Å²) in [5.41, 5.74) is 8.41. The van der Waals surface area contributed by atoms with Gasteiger partial charge in [-0.2, -0.15) is 0 Å². The fourth-order valence-electron chi connectivity index (χ4n) is 2.97. The van der Waals surface area contributed by atoms with E-state index in [4.69, 9.17) is 0 Å². The summed E-state index contributed by atoms with van der Waals surface area (Å²) in [6, 6.07) is 8.65. The number of hydrogen-bond donors (Lipinski definition) is 0. The summed E-state index contributed by atoms with van der Waals surface area (Å²) in [5.74, 6) is 0.410. The van der Waals surface area contributed by atoms with E-state index in [1.807, 2.05) is 6.21 Å². The summed E-state index contributed by atoms with van der Waals surface area (Å²) in [7, 11) is 0. The van der Waals surface area contributed by atoms with Gasteiger partial charge in [0.1, 0.15) is 0 Å². The van der Waals surface area contributed by atoms with Crippen molar-refractivity contribution >= 4 is 6.21 Å². The van der Waals surface area contributed by atoms with Gasteiger partial charge in [-0.05, 0) is 70.7 Å². The minimum absolute atomic E-state index is 0.0373. The Bertz CT molecular complexity index is 612. The normalized spacial score (nSPS) is 17.5. The molecule has 0 radical (unpaired) electrons. The number of rotatable bonds is 2. The Kier molecular flexibility index (Phi) is 4.22. The van der Waals surface area contributed by atoms with Gasteiger partial charge < -0.3 is 0 Å². The zero-order chi connectivity index (χ0) is 15.8. The molecule has 2 rings (SSSR count). The van der Waals surface area contributed by atoms with Crippen LogP contribution in [0.5, 0.6) is 0 Å². The first-order chi connectivity index (χ1) is 9.72. The highest BCUT2D eigenvalue weighted by Gasteiger charge is 2.27. The molecule has 0 spiro atoms. The van der Waals surface area contributed by atoms with Gasteiger partial charge in [-0.25, -0.2) is 0 Å². The Balaban J connectivity index is 2.50. The first-order valence-corrected chi connectivity index (χ1v) is 7.71. The molecule has 0 aliphatic heterocycles. The average Bonchev–Trinajstić information content (AvgIpc) is 2.61. The van der Waals surface area contributed by atoms with Gasteiger partial charge in [-0.1, -0.05) is 35.4 Å². The monoisotopic (exact) mass is 281 g/mol. The molecule has 0 N–H and O–H groups in total.